The highest BCUT2D eigenvalue weighted by atomic mass is 32.2. The lowest BCUT2D eigenvalue weighted by Gasteiger charge is -2.34. The molecule has 0 spiro atoms. The Kier molecular flexibility index (Phi) is 5.64. The van der Waals surface area contributed by atoms with Gasteiger partial charge in [-0.25, -0.2) is 8.42 Å². The van der Waals surface area contributed by atoms with Gasteiger partial charge in [0.25, 0.3) is 5.91 Å². The summed E-state index contributed by atoms with van der Waals surface area (Å²) in [7, 11) is -3.55. The number of hydrogen-bond donors (Lipinski definition) is 0. The van der Waals surface area contributed by atoms with Gasteiger partial charge >= 0.3 is 0 Å². The summed E-state index contributed by atoms with van der Waals surface area (Å²) in [5, 5.41) is 0. The minimum Gasteiger partial charge on any atom is -0.336 e. The van der Waals surface area contributed by atoms with Crippen molar-refractivity contribution in [2.45, 2.75) is 38.0 Å². The monoisotopic (exact) mass is 400 g/mol. The van der Waals surface area contributed by atoms with Crippen LogP contribution in [0.25, 0.3) is 0 Å². The molecular weight excluding hydrogens is 372 g/mol. The van der Waals surface area contributed by atoms with E-state index in [0.717, 1.165) is 11.1 Å². The summed E-state index contributed by atoms with van der Waals surface area (Å²) in [6, 6.07) is 14.6. The van der Waals surface area contributed by atoms with Gasteiger partial charge in [-0.2, -0.15) is 4.31 Å². The molecule has 0 aliphatic carbocycles. The molecule has 1 heterocycles. The van der Waals surface area contributed by atoms with E-state index in [1.54, 1.807) is 23.1 Å². The first-order valence-corrected chi connectivity index (χ1v) is 11.0. The van der Waals surface area contributed by atoms with Crippen molar-refractivity contribution in [3.63, 3.8) is 0 Å². The molecule has 0 aromatic heterocycles. The van der Waals surface area contributed by atoms with Gasteiger partial charge in [0, 0.05) is 31.7 Å². The molecule has 1 aliphatic rings. The highest BCUT2D eigenvalue weighted by Gasteiger charge is 2.30. The molecule has 2 aromatic rings. The van der Waals surface area contributed by atoms with E-state index < -0.39 is 10.0 Å². The van der Waals surface area contributed by atoms with Crippen LogP contribution in [0.5, 0.6) is 0 Å². The highest BCUT2D eigenvalue weighted by Crippen LogP contribution is 2.25. The maximum absolute atomic E-state index is 13.0. The number of sulfonamides is 1. The summed E-state index contributed by atoms with van der Waals surface area (Å²) < 4.78 is 27.4. The second-order valence-corrected chi connectivity index (χ2v) is 10.3. The predicted molar refractivity (Wildman–Crippen MR) is 111 cm³/mol. The van der Waals surface area contributed by atoms with Gasteiger partial charge in [0.1, 0.15) is 0 Å². The first kappa shape index (κ1) is 20.6. The van der Waals surface area contributed by atoms with Crippen molar-refractivity contribution in [3.05, 3.63) is 65.2 Å². The normalized spacial score (nSPS) is 16.2. The number of benzene rings is 2. The molecule has 150 valence electrons. The Bertz CT molecular complexity index is 952. The maximum Gasteiger partial charge on any atom is 0.253 e. The fourth-order valence-corrected chi connectivity index (χ4v) is 4.79. The molecule has 3 rings (SSSR count). The van der Waals surface area contributed by atoms with Crippen LogP contribution < -0.4 is 0 Å². The molecular formula is C22H28N2O3S. The van der Waals surface area contributed by atoms with Crippen molar-refractivity contribution in [3.8, 4) is 0 Å². The van der Waals surface area contributed by atoms with E-state index in [1.165, 1.54) is 4.31 Å². The summed E-state index contributed by atoms with van der Waals surface area (Å²) in [5.74, 6) is -0.0460. The number of piperazine rings is 1. The SMILES string of the molecule is Cc1cccc(C(=O)N2CCN(S(=O)(=O)c3ccc(C(C)(C)C)cc3)CC2)c1. The van der Waals surface area contributed by atoms with Gasteiger partial charge in [-0.15, -0.1) is 0 Å². The molecule has 6 heteroatoms. The quantitative estimate of drug-likeness (QED) is 0.793. The van der Waals surface area contributed by atoms with Crippen molar-refractivity contribution in [2.24, 2.45) is 0 Å². The molecule has 28 heavy (non-hydrogen) atoms. The third-order valence-electron chi connectivity index (χ3n) is 5.15. The standard InChI is InChI=1S/C22H28N2O3S/c1-17-6-5-7-18(16-17)21(25)23-12-14-24(15-13-23)28(26,27)20-10-8-19(9-11-20)22(2,3)4/h5-11,16H,12-15H2,1-4H3. The molecule has 1 saturated heterocycles. The largest absolute Gasteiger partial charge is 0.336 e. The third-order valence-corrected chi connectivity index (χ3v) is 7.06. The number of aryl methyl sites for hydroxylation is 1. The van der Waals surface area contributed by atoms with Gasteiger partial charge in [0.2, 0.25) is 10.0 Å². The molecule has 1 fully saturated rings. The van der Waals surface area contributed by atoms with Crippen molar-refractivity contribution >= 4 is 15.9 Å². The van der Waals surface area contributed by atoms with Gasteiger partial charge in [-0.1, -0.05) is 50.6 Å². The lowest BCUT2D eigenvalue weighted by Crippen LogP contribution is -2.50. The summed E-state index contributed by atoms with van der Waals surface area (Å²) in [4.78, 5) is 14.7. The van der Waals surface area contributed by atoms with Gasteiger partial charge < -0.3 is 4.90 Å². The van der Waals surface area contributed by atoms with E-state index in [-0.39, 0.29) is 11.3 Å². The number of carbonyl (C=O) groups excluding carboxylic acids is 1. The lowest BCUT2D eigenvalue weighted by molar-refractivity contribution is 0.0698. The fourth-order valence-electron chi connectivity index (χ4n) is 3.37. The molecule has 1 amide bonds. The van der Waals surface area contributed by atoms with Crippen LogP contribution in [0.15, 0.2) is 53.4 Å². The molecule has 1 aliphatic heterocycles. The van der Waals surface area contributed by atoms with Crippen molar-refractivity contribution in [1.29, 1.82) is 0 Å². The van der Waals surface area contributed by atoms with Crippen molar-refractivity contribution in [1.82, 2.24) is 9.21 Å². The van der Waals surface area contributed by atoms with Crippen LogP contribution in [0.1, 0.15) is 42.3 Å². The maximum atomic E-state index is 13.0. The Hall–Kier alpha value is -2.18. The number of nitrogens with zero attached hydrogens (tertiary/aromatic N) is 2. The number of carbonyl (C=O) groups is 1. The summed E-state index contributed by atoms with van der Waals surface area (Å²) in [6.07, 6.45) is 0. The fraction of sp³-hybridized carbons (Fsp3) is 0.409. The van der Waals surface area contributed by atoms with Crippen LogP contribution in [0, 0.1) is 6.92 Å². The molecule has 0 saturated carbocycles. The number of hydrogen-bond acceptors (Lipinski definition) is 3. The van der Waals surface area contributed by atoms with Crippen LogP contribution in [-0.4, -0.2) is 49.7 Å². The summed E-state index contributed by atoms with van der Waals surface area (Å²) >= 11 is 0. The van der Waals surface area contributed by atoms with E-state index in [2.05, 4.69) is 20.8 Å². The second-order valence-electron chi connectivity index (χ2n) is 8.34. The second kappa shape index (κ2) is 7.68. The average Bonchev–Trinajstić information content (AvgIpc) is 2.67. The zero-order chi connectivity index (χ0) is 20.5. The van der Waals surface area contributed by atoms with Crippen molar-refractivity contribution < 1.29 is 13.2 Å². The minimum atomic E-state index is -3.55. The Morgan fingerprint density at radius 1 is 0.929 bits per heavy atom. The van der Waals surface area contributed by atoms with Crippen LogP contribution in [0.4, 0.5) is 0 Å². The minimum absolute atomic E-state index is 0.0237. The van der Waals surface area contributed by atoms with Gasteiger partial charge in [-0.05, 0) is 42.2 Å². The van der Waals surface area contributed by atoms with Crippen LogP contribution in [0.3, 0.4) is 0 Å². The zero-order valence-electron chi connectivity index (χ0n) is 17.0. The van der Waals surface area contributed by atoms with Gasteiger partial charge in [-0.3, -0.25) is 4.79 Å². The Labute approximate surface area is 168 Å². The Morgan fingerprint density at radius 2 is 1.54 bits per heavy atom. The van der Waals surface area contributed by atoms with Crippen LogP contribution in [-0.2, 0) is 15.4 Å². The van der Waals surface area contributed by atoms with Crippen molar-refractivity contribution in [2.75, 3.05) is 26.2 Å². The zero-order valence-corrected chi connectivity index (χ0v) is 17.8. The molecule has 2 aromatic carbocycles. The summed E-state index contributed by atoms with van der Waals surface area (Å²) in [5.41, 5.74) is 2.75. The first-order chi connectivity index (χ1) is 13.1. The summed E-state index contributed by atoms with van der Waals surface area (Å²) in [6.45, 7) is 9.65. The molecule has 0 unspecified atom stereocenters. The molecule has 0 atom stereocenters. The number of rotatable bonds is 3. The van der Waals surface area contributed by atoms with Crippen LogP contribution in [0.2, 0.25) is 0 Å². The van der Waals surface area contributed by atoms with E-state index in [9.17, 15) is 13.2 Å². The molecule has 0 bridgehead atoms. The van der Waals surface area contributed by atoms with E-state index >= 15 is 0 Å². The molecule has 0 radical (unpaired) electrons. The highest BCUT2D eigenvalue weighted by molar-refractivity contribution is 7.89. The average molecular weight is 401 g/mol. The van der Waals surface area contributed by atoms with Crippen LogP contribution >= 0.6 is 0 Å². The van der Waals surface area contributed by atoms with E-state index in [1.807, 2.05) is 37.3 Å². The predicted octanol–water partition coefficient (Wildman–Crippen LogP) is 3.44. The topological polar surface area (TPSA) is 57.7 Å². The van der Waals surface area contributed by atoms with Gasteiger partial charge in [0.05, 0.1) is 4.90 Å². The smallest absolute Gasteiger partial charge is 0.253 e. The molecule has 0 N–H and O–H groups in total. The lowest BCUT2D eigenvalue weighted by atomic mass is 9.87. The number of amides is 1. The van der Waals surface area contributed by atoms with E-state index in [0.29, 0.717) is 36.6 Å². The van der Waals surface area contributed by atoms with E-state index in [4.69, 9.17) is 0 Å². The Morgan fingerprint density at radius 3 is 2.07 bits per heavy atom. The van der Waals surface area contributed by atoms with Gasteiger partial charge in [0.15, 0.2) is 0 Å². The first-order valence-electron chi connectivity index (χ1n) is 9.56. The molecule has 5 nitrogen and oxygen atoms in total. The third kappa shape index (κ3) is 4.28. The Balaban J connectivity index is 1.69.